The third kappa shape index (κ3) is 3.10. The predicted molar refractivity (Wildman–Crippen MR) is 76.9 cm³/mol. The van der Waals surface area contributed by atoms with E-state index in [1.807, 2.05) is 24.3 Å². The van der Waals surface area contributed by atoms with Crippen molar-refractivity contribution in [2.75, 3.05) is 24.6 Å². The molecule has 1 unspecified atom stereocenters. The summed E-state index contributed by atoms with van der Waals surface area (Å²) in [6.45, 7) is 4.95. The number of amides is 2. The minimum Gasteiger partial charge on any atom is -0.450 e. The first-order chi connectivity index (χ1) is 9.63. The largest absolute Gasteiger partial charge is 0.450 e. The Morgan fingerprint density at radius 3 is 2.85 bits per heavy atom. The van der Waals surface area contributed by atoms with E-state index in [-0.39, 0.29) is 17.9 Å². The molecule has 1 aliphatic heterocycles. The molecule has 0 saturated heterocycles. The Kier molecular flexibility index (Phi) is 4.61. The first-order valence-electron chi connectivity index (χ1n) is 6.91. The van der Waals surface area contributed by atoms with Crippen molar-refractivity contribution in [3.63, 3.8) is 0 Å². The van der Waals surface area contributed by atoms with Crippen molar-refractivity contribution in [3.05, 3.63) is 29.8 Å². The number of fused-ring (bicyclic) bond motifs is 1. The van der Waals surface area contributed by atoms with Crippen LogP contribution in [-0.2, 0) is 9.53 Å². The van der Waals surface area contributed by atoms with Crippen molar-refractivity contribution < 1.29 is 14.3 Å². The molecule has 5 nitrogen and oxygen atoms in total. The number of alkyl carbamates (subject to hydrolysis) is 1. The van der Waals surface area contributed by atoms with E-state index in [1.54, 1.807) is 18.7 Å². The lowest BCUT2D eigenvalue weighted by Crippen LogP contribution is -2.29. The van der Waals surface area contributed by atoms with Crippen LogP contribution in [0.1, 0.15) is 31.7 Å². The van der Waals surface area contributed by atoms with Gasteiger partial charge in [-0.15, -0.1) is 0 Å². The van der Waals surface area contributed by atoms with E-state index < -0.39 is 0 Å². The predicted octanol–water partition coefficient (Wildman–Crippen LogP) is 2.27. The van der Waals surface area contributed by atoms with E-state index in [9.17, 15) is 9.59 Å². The van der Waals surface area contributed by atoms with E-state index >= 15 is 0 Å². The van der Waals surface area contributed by atoms with Crippen LogP contribution in [0.25, 0.3) is 0 Å². The summed E-state index contributed by atoms with van der Waals surface area (Å²) in [6, 6.07) is 7.94. The fraction of sp³-hybridized carbons (Fsp3) is 0.467. The van der Waals surface area contributed by atoms with Crippen molar-refractivity contribution >= 4 is 17.7 Å². The Labute approximate surface area is 118 Å². The summed E-state index contributed by atoms with van der Waals surface area (Å²) in [4.78, 5) is 24.7. The van der Waals surface area contributed by atoms with Gasteiger partial charge < -0.3 is 15.0 Å². The molecule has 1 atom stereocenters. The SMILES string of the molecule is CCOC(=O)NCCC1CN(C(C)=O)c2ccccc21. The van der Waals surface area contributed by atoms with Crippen LogP contribution in [0.4, 0.5) is 10.5 Å². The van der Waals surface area contributed by atoms with Gasteiger partial charge in [-0.1, -0.05) is 18.2 Å². The minimum atomic E-state index is -0.387. The number of anilines is 1. The van der Waals surface area contributed by atoms with Gasteiger partial charge in [-0.3, -0.25) is 4.79 Å². The van der Waals surface area contributed by atoms with Crippen LogP contribution in [0.2, 0.25) is 0 Å². The fourth-order valence-corrected chi connectivity index (χ4v) is 2.57. The molecule has 0 aliphatic carbocycles. The van der Waals surface area contributed by atoms with Gasteiger partial charge in [0.25, 0.3) is 0 Å². The van der Waals surface area contributed by atoms with Gasteiger partial charge in [0.1, 0.15) is 0 Å². The molecule has 0 fully saturated rings. The lowest BCUT2D eigenvalue weighted by Gasteiger charge is -2.15. The molecule has 0 spiro atoms. The van der Waals surface area contributed by atoms with Gasteiger partial charge in [0.05, 0.1) is 6.61 Å². The van der Waals surface area contributed by atoms with Crippen molar-refractivity contribution in [2.24, 2.45) is 0 Å². The normalized spacial score (nSPS) is 16.7. The van der Waals surface area contributed by atoms with E-state index in [0.717, 1.165) is 12.1 Å². The van der Waals surface area contributed by atoms with Crippen LogP contribution in [0.5, 0.6) is 0 Å². The Morgan fingerprint density at radius 1 is 1.40 bits per heavy atom. The zero-order valence-corrected chi connectivity index (χ0v) is 11.9. The average Bonchev–Trinajstić information content (AvgIpc) is 2.79. The number of hydrogen-bond donors (Lipinski definition) is 1. The Balaban J connectivity index is 1.97. The monoisotopic (exact) mass is 276 g/mol. The lowest BCUT2D eigenvalue weighted by molar-refractivity contribution is -0.116. The molecular formula is C15H20N2O3. The molecule has 1 aromatic rings. The highest BCUT2D eigenvalue weighted by molar-refractivity contribution is 5.94. The van der Waals surface area contributed by atoms with Gasteiger partial charge in [0, 0.05) is 31.6 Å². The van der Waals surface area contributed by atoms with Crippen molar-refractivity contribution in [2.45, 2.75) is 26.2 Å². The number of nitrogens with one attached hydrogen (secondary N) is 1. The molecule has 1 N–H and O–H groups in total. The van der Waals surface area contributed by atoms with E-state index in [1.165, 1.54) is 5.56 Å². The maximum atomic E-state index is 11.7. The Hall–Kier alpha value is -2.04. The second-order valence-corrected chi connectivity index (χ2v) is 4.82. The van der Waals surface area contributed by atoms with Crippen LogP contribution in [0.15, 0.2) is 24.3 Å². The van der Waals surface area contributed by atoms with Gasteiger partial charge in [0.2, 0.25) is 5.91 Å². The zero-order valence-electron chi connectivity index (χ0n) is 11.9. The molecule has 1 aliphatic rings. The van der Waals surface area contributed by atoms with Gasteiger partial charge in [-0.25, -0.2) is 4.79 Å². The summed E-state index contributed by atoms with van der Waals surface area (Å²) < 4.78 is 4.82. The van der Waals surface area contributed by atoms with E-state index in [0.29, 0.717) is 19.7 Å². The quantitative estimate of drug-likeness (QED) is 0.917. The molecule has 2 rings (SSSR count). The standard InChI is InChI=1S/C15H20N2O3/c1-3-20-15(19)16-9-8-12-10-17(11(2)18)14-7-5-4-6-13(12)14/h4-7,12H,3,8-10H2,1-2H3,(H,16,19). The molecule has 108 valence electrons. The summed E-state index contributed by atoms with van der Waals surface area (Å²) in [5, 5.41) is 2.72. The highest BCUT2D eigenvalue weighted by Crippen LogP contribution is 2.37. The number of benzene rings is 1. The molecule has 1 heterocycles. The number of carbonyl (C=O) groups excluding carboxylic acids is 2. The Bertz CT molecular complexity index is 502. The average molecular weight is 276 g/mol. The molecule has 20 heavy (non-hydrogen) atoms. The van der Waals surface area contributed by atoms with Crippen LogP contribution in [0, 0.1) is 0 Å². The van der Waals surface area contributed by atoms with Crippen LogP contribution >= 0.6 is 0 Å². The Morgan fingerprint density at radius 2 is 2.15 bits per heavy atom. The smallest absolute Gasteiger partial charge is 0.407 e. The van der Waals surface area contributed by atoms with E-state index in [4.69, 9.17) is 4.74 Å². The zero-order chi connectivity index (χ0) is 14.5. The van der Waals surface area contributed by atoms with Crippen molar-refractivity contribution in [1.29, 1.82) is 0 Å². The molecule has 0 aromatic heterocycles. The first kappa shape index (κ1) is 14.4. The molecule has 1 aromatic carbocycles. The van der Waals surface area contributed by atoms with Crippen LogP contribution in [-0.4, -0.2) is 31.7 Å². The molecule has 2 amide bonds. The second kappa shape index (κ2) is 6.41. The maximum Gasteiger partial charge on any atom is 0.407 e. The first-order valence-corrected chi connectivity index (χ1v) is 6.91. The number of carbonyl (C=O) groups is 2. The minimum absolute atomic E-state index is 0.0540. The summed E-state index contributed by atoms with van der Waals surface area (Å²) in [5.41, 5.74) is 2.16. The summed E-state index contributed by atoms with van der Waals surface area (Å²) >= 11 is 0. The number of ether oxygens (including phenoxy) is 1. The van der Waals surface area contributed by atoms with Gasteiger partial charge >= 0.3 is 6.09 Å². The number of rotatable bonds is 4. The number of para-hydroxylation sites is 1. The van der Waals surface area contributed by atoms with Gasteiger partial charge in [-0.2, -0.15) is 0 Å². The third-order valence-electron chi connectivity index (χ3n) is 3.49. The van der Waals surface area contributed by atoms with E-state index in [2.05, 4.69) is 5.32 Å². The van der Waals surface area contributed by atoms with Crippen LogP contribution < -0.4 is 10.2 Å². The second-order valence-electron chi connectivity index (χ2n) is 4.82. The highest BCUT2D eigenvalue weighted by Gasteiger charge is 2.29. The fourth-order valence-electron chi connectivity index (χ4n) is 2.57. The van der Waals surface area contributed by atoms with Crippen molar-refractivity contribution in [1.82, 2.24) is 5.32 Å². The number of nitrogens with zero attached hydrogens (tertiary/aromatic N) is 1. The van der Waals surface area contributed by atoms with Gasteiger partial charge in [-0.05, 0) is 25.0 Å². The molecule has 0 bridgehead atoms. The van der Waals surface area contributed by atoms with Gasteiger partial charge in [0.15, 0.2) is 0 Å². The summed E-state index contributed by atoms with van der Waals surface area (Å²) in [6.07, 6.45) is 0.404. The lowest BCUT2D eigenvalue weighted by atomic mass is 9.98. The highest BCUT2D eigenvalue weighted by atomic mass is 16.5. The topological polar surface area (TPSA) is 58.6 Å². The van der Waals surface area contributed by atoms with Crippen LogP contribution in [0.3, 0.4) is 0 Å². The number of hydrogen-bond acceptors (Lipinski definition) is 3. The molecule has 0 saturated carbocycles. The third-order valence-corrected chi connectivity index (χ3v) is 3.49. The molecule has 0 radical (unpaired) electrons. The summed E-state index contributed by atoms with van der Waals surface area (Å²) in [5.74, 6) is 0.315. The molecule has 5 heteroatoms. The van der Waals surface area contributed by atoms with Crippen molar-refractivity contribution in [3.8, 4) is 0 Å². The molecular weight excluding hydrogens is 256 g/mol. The maximum absolute atomic E-state index is 11.7. The summed E-state index contributed by atoms with van der Waals surface area (Å²) in [7, 11) is 0.